The number of hydrogen-bond acceptors (Lipinski definition) is 3. The summed E-state index contributed by atoms with van der Waals surface area (Å²) in [6.07, 6.45) is 0. The van der Waals surface area contributed by atoms with Crippen LogP contribution in [0, 0.1) is 6.92 Å². The van der Waals surface area contributed by atoms with Gasteiger partial charge in [0.05, 0.1) is 6.04 Å². The highest BCUT2D eigenvalue weighted by Crippen LogP contribution is 1.81. The van der Waals surface area contributed by atoms with Gasteiger partial charge in [-0.2, -0.15) is 12.6 Å². The van der Waals surface area contributed by atoms with Gasteiger partial charge in [0.25, 0.3) is 0 Å². The van der Waals surface area contributed by atoms with Gasteiger partial charge in [0.1, 0.15) is 0 Å². The van der Waals surface area contributed by atoms with Crippen molar-refractivity contribution in [3.8, 4) is 0 Å². The molecule has 0 aliphatic carbocycles. The summed E-state index contributed by atoms with van der Waals surface area (Å²) in [4.78, 5) is 10.1. The number of hydrogen-bond donors (Lipinski definition) is 2. The number of rotatable bonds is 2. The van der Waals surface area contributed by atoms with E-state index in [1.54, 1.807) is 0 Å². The molecule has 0 unspecified atom stereocenters. The Morgan fingerprint density at radius 1 is 2.00 bits per heavy atom. The SMILES string of the molecule is [CH2]C(=O)[C@H](N)CS. The molecule has 0 aromatic heterocycles. The summed E-state index contributed by atoms with van der Waals surface area (Å²) in [5.74, 6) is 0.123. The number of Topliss-reactive ketones (excluding diaryl/α,β-unsaturated/α-hetero) is 1. The maximum absolute atomic E-state index is 10.1. The molecule has 0 amide bonds. The number of carbonyl (C=O) groups excluding carboxylic acids is 1. The third kappa shape index (κ3) is 2.65. The lowest BCUT2D eigenvalue weighted by Crippen LogP contribution is -2.29. The summed E-state index contributed by atoms with van der Waals surface area (Å²) in [5, 5.41) is 0. The van der Waals surface area contributed by atoms with Crippen molar-refractivity contribution in [1.82, 2.24) is 0 Å². The van der Waals surface area contributed by atoms with E-state index in [0.29, 0.717) is 5.75 Å². The molecule has 1 radical (unpaired) electrons. The van der Waals surface area contributed by atoms with Crippen LogP contribution in [0.5, 0.6) is 0 Å². The van der Waals surface area contributed by atoms with Gasteiger partial charge in [0.2, 0.25) is 0 Å². The molecule has 0 saturated heterocycles. The Labute approximate surface area is 48.5 Å². The van der Waals surface area contributed by atoms with Crippen molar-refractivity contribution in [3.63, 3.8) is 0 Å². The fraction of sp³-hybridized carbons (Fsp3) is 0.500. The second kappa shape index (κ2) is 3.04. The molecule has 7 heavy (non-hydrogen) atoms. The molecule has 0 aromatic rings. The molecular weight excluding hydrogens is 110 g/mol. The molecule has 0 aliphatic heterocycles. The molecule has 0 saturated carbocycles. The van der Waals surface area contributed by atoms with Crippen molar-refractivity contribution in [2.75, 3.05) is 5.75 Å². The van der Waals surface area contributed by atoms with E-state index in [9.17, 15) is 4.79 Å². The molecule has 0 rings (SSSR count). The van der Waals surface area contributed by atoms with Gasteiger partial charge in [-0.15, -0.1) is 0 Å². The normalized spacial score (nSPS) is 13.6. The number of nitrogens with two attached hydrogens (primary N) is 1. The van der Waals surface area contributed by atoms with Crippen LogP contribution in [0.3, 0.4) is 0 Å². The topological polar surface area (TPSA) is 43.1 Å². The lowest BCUT2D eigenvalue weighted by atomic mass is 10.3. The van der Waals surface area contributed by atoms with Gasteiger partial charge in [-0.05, 0) is 0 Å². The molecule has 2 N–H and O–H groups in total. The van der Waals surface area contributed by atoms with Gasteiger partial charge >= 0.3 is 0 Å². The van der Waals surface area contributed by atoms with E-state index in [2.05, 4.69) is 19.6 Å². The zero-order valence-corrected chi connectivity index (χ0v) is 4.82. The Kier molecular flexibility index (Phi) is 3.04. The van der Waals surface area contributed by atoms with Crippen LogP contribution in [0.15, 0.2) is 0 Å². The van der Waals surface area contributed by atoms with Crippen LogP contribution in [0.1, 0.15) is 0 Å². The fourth-order valence-electron chi connectivity index (χ4n) is 0.102. The highest BCUT2D eigenvalue weighted by atomic mass is 32.1. The molecule has 0 aliphatic rings. The maximum atomic E-state index is 10.1. The zero-order valence-electron chi connectivity index (χ0n) is 3.92. The van der Waals surface area contributed by atoms with Crippen molar-refractivity contribution in [1.29, 1.82) is 0 Å². The Hall–Kier alpha value is -0.0200. The Bertz CT molecular complexity index is 74.1. The largest absolute Gasteiger partial charge is 0.321 e. The lowest BCUT2D eigenvalue weighted by molar-refractivity contribution is -0.115. The van der Waals surface area contributed by atoms with Crippen molar-refractivity contribution in [3.05, 3.63) is 6.92 Å². The van der Waals surface area contributed by atoms with Gasteiger partial charge in [0.15, 0.2) is 5.78 Å². The first-order valence-electron chi connectivity index (χ1n) is 1.90. The highest BCUT2D eigenvalue weighted by Gasteiger charge is 2.02. The highest BCUT2D eigenvalue weighted by molar-refractivity contribution is 7.80. The number of ketones is 1. The van der Waals surface area contributed by atoms with Gasteiger partial charge in [-0.25, -0.2) is 0 Å². The van der Waals surface area contributed by atoms with Crippen molar-refractivity contribution in [2.45, 2.75) is 6.04 Å². The summed E-state index contributed by atoms with van der Waals surface area (Å²) in [5.41, 5.74) is 5.13. The van der Waals surface area contributed by atoms with E-state index in [1.165, 1.54) is 0 Å². The number of thiol groups is 1. The quantitative estimate of drug-likeness (QED) is 0.486. The van der Waals surface area contributed by atoms with Crippen LogP contribution < -0.4 is 5.73 Å². The van der Waals surface area contributed by atoms with E-state index in [0.717, 1.165) is 0 Å². The summed E-state index contributed by atoms with van der Waals surface area (Å²) in [6.45, 7) is 3.10. The molecule has 0 fully saturated rings. The average molecular weight is 118 g/mol. The van der Waals surface area contributed by atoms with Crippen LogP contribution >= 0.6 is 12.6 Å². The first kappa shape index (κ1) is 6.98. The third-order valence-electron chi connectivity index (χ3n) is 0.610. The fourth-order valence-corrected chi connectivity index (χ4v) is 0.305. The van der Waals surface area contributed by atoms with Gasteiger partial charge in [-0.3, -0.25) is 4.79 Å². The Morgan fingerprint density at radius 2 is 2.43 bits per heavy atom. The summed E-state index contributed by atoms with van der Waals surface area (Å²) in [6, 6.07) is -0.483. The molecule has 3 heteroatoms. The van der Waals surface area contributed by atoms with Crippen molar-refractivity contribution >= 4 is 18.4 Å². The minimum Gasteiger partial charge on any atom is -0.321 e. The first-order chi connectivity index (χ1) is 3.18. The molecule has 0 heterocycles. The molecule has 0 spiro atoms. The van der Waals surface area contributed by atoms with Gasteiger partial charge in [0, 0.05) is 12.7 Å². The molecular formula is C4H8NOS. The van der Waals surface area contributed by atoms with Crippen LogP contribution in [-0.2, 0) is 4.79 Å². The molecule has 0 bridgehead atoms. The predicted octanol–water partition coefficient (Wildman–Crippen LogP) is -0.353. The number of carbonyl (C=O) groups is 1. The van der Waals surface area contributed by atoms with E-state index < -0.39 is 6.04 Å². The van der Waals surface area contributed by atoms with E-state index in [1.807, 2.05) is 0 Å². The maximum Gasteiger partial charge on any atom is 0.150 e. The summed E-state index contributed by atoms with van der Waals surface area (Å²) >= 11 is 3.77. The summed E-state index contributed by atoms with van der Waals surface area (Å²) in [7, 11) is 0. The van der Waals surface area contributed by atoms with Crippen LogP contribution in [0.4, 0.5) is 0 Å². The average Bonchev–Trinajstić information content (AvgIpc) is 1.65. The molecule has 0 aromatic carbocycles. The van der Waals surface area contributed by atoms with E-state index in [4.69, 9.17) is 5.73 Å². The molecule has 1 atom stereocenters. The van der Waals surface area contributed by atoms with Crippen LogP contribution in [0.2, 0.25) is 0 Å². The second-order valence-corrected chi connectivity index (χ2v) is 1.62. The molecule has 2 nitrogen and oxygen atoms in total. The summed E-state index contributed by atoms with van der Waals surface area (Å²) < 4.78 is 0. The van der Waals surface area contributed by atoms with E-state index >= 15 is 0 Å². The standard InChI is InChI=1S/C4H8NOS/c1-3(6)4(5)2-7/h4,7H,1-2,5H2/t4-/m1/s1. The van der Waals surface area contributed by atoms with Gasteiger partial charge in [-0.1, -0.05) is 0 Å². The minimum atomic E-state index is -0.483. The van der Waals surface area contributed by atoms with Crippen molar-refractivity contribution < 1.29 is 4.79 Å². The second-order valence-electron chi connectivity index (χ2n) is 1.26. The van der Waals surface area contributed by atoms with Gasteiger partial charge < -0.3 is 5.73 Å². The molecule has 41 valence electrons. The smallest absolute Gasteiger partial charge is 0.150 e. The third-order valence-corrected chi connectivity index (χ3v) is 1.00. The zero-order chi connectivity index (χ0) is 5.86. The monoisotopic (exact) mass is 118 g/mol. The van der Waals surface area contributed by atoms with Crippen molar-refractivity contribution in [2.24, 2.45) is 5.73 Å². The Balaban J connectivity index is 3.34. The van der Waals surface area contributed by atoms with Crippen LogP contribution in [0.25, 0.3) is 0 Å². The minimum absolute atomic E-state index is 0.255. The van der Waals surface area contributed by atoms with Crippen LogP contribution in [-0.4, -0.2) is 17.6 Å². The lowest BCUT2D eigenvalue weighted by Gasteiger charge is -1.98. The Morgan fingerprint density at radius 3 is 2.43 bits per heavy atom. The van der Waals surface area contributed by atoms with E-state index in [-0.39, 0.29) is 5.78 Å². The predicted molar refractivity (Wildman–Crippen MR) is 32.2 cm³/mol. The first-order valence-corrected chi connectivity index (χ1v) is 2.54.